The lowest BCUT2D eigenvalue weighted by atomic mass is 10.1. The van der Waals surface area contributed by atoms with Gasteiger partial charge in [-0.15, -0.1) is 13.2 Å². The second-order valence-electron chi connectivity index (χ2n) is 7.49. The Morgan fingerprint density at radius 1 is 1.09 bits per heavy atom. The van der Waals surface area contributed by atoms with Gasteiger partial charge in [-0.2, -0.15) is 4.99 Å². The fourth-order valence-electron chi connectivity index (χ4n) is 3.73. The van der Waals surface area contributed by atoms with Gasteiger partial charge in [0.05, 0.1) is 17.5 Å². The number of nitrogens with zero attached hydrogens (tertiary/aromatic N) is 2. The quantitative estimate of drug-likeness (QED) is 0.642. The number of amides is 1. The van der Waals surface area contributed by atoms with E-state index in [1.54, 1.807) is 4.90 Å². The lowest BCUT2D eigenvalue weighted by Gasteiger charge is -2.24. The minimum atomic E-state index is -4.81. The van der Waals surface area contributed by atoms with E-state index >= 15 is 0 Å². The average molecular weight is 485 g/mol. The van der Waals surface area contributed by atoms with Gasteiger partial charge in [0, 0.05) is 17.4 Å². The van der Waals surface area contributed by atoms with Gasteiger partial charge in [0.25, 0.3) is 0 Å². The molecule has 0 aliphatic carbocycles. The first kappa shape index (κ1) is 22.7. The molecule has 2 aromatic carbocycles. The molecule has 2 saturated heterocycles. The first-order valence-corrected chi connectivity index (χ1v) is 12.5. The predicted octanol–water partition coefficient (Wildman–Crippen LogP) is 3.82. The van der Waals surface area contributed by atoms with E-state index in [4.69, 9.17) is 0 Å². The molecule has 2 heterocycles. The van der Waals surface area contributed by atoms with Gasteiger partial charge in [-0.3, -0.25) is 4.79 Å². The molecule has 1 amide bonds. The summed E-state index contributed by atoms with van der Waals surface area (Å²) in [6.45, 7) is 0. The topological polar surface area (TPSA) is 76.0 Å². The molecule has 0 saturated carbocycles. The molecule has 0 aromatic heterocycles. The Morgan fingerprint density at radius 2 is 1.78 bits per heavy atom. The zero-order chi connectivity index (χ0) is 22.9. The van der Waals surface area contributed by atoms with Crippen LogP contribution in [0.15, 0.2) is 59.6 Å². The molecular weight excluding hydrogens is 465 g/mol. The molecular formula is C21H19F3N2O4S2. The number of aryl methyl sites for hydroxylation is 1. The van der Waals surface area contributed by atoms with Crippen LogP contribution in [0.25, 0.3) is 0 Å². The minimum Gasteiger partial charge on any atom is -0.406 e. The van der Waals surface area contributed by atoms with Crippen molar-refractivity contribution in [2.75, 3.05) is 16.4 Å². The number of aliphatic imine (C=N–C) groups is 1. The highest BCUT2D eigenvalue weighted by Crippen LogP contribution is 2.41. The molecule has 2 aliphatic rings. The summed E-state index contributed by atoms with van der Waals surface area (Å²) in [7, 11) is -3.25. The van der Waals surface area contributed by atoms with E-state index in [2.05, 4.69) is 9.73 Å². The zero-order valence-electron chi connectivity index (χ0n) is 16.7. The van der Waals surface area contributed by atoms with Crippen LogP contribution < -0.4 is 9.64 Å². The number of rotatable bonds is 5. The number of fused-ring (bicyclic) bond motifs is 1. The summed E-state index contributed by atoms with van der Waals surface area (Å²) in [6.07, 6.45) is -4.10. The van der Waals surface area contributed by atoms with Crippen LogP contribution in [0, 0.1) is 0 Å². The van der Waals surface area contributed by atoms with Crippen molar-refractivity contribution in [1.82, 2.24) is 0 Å². The van der Waals surface area contributed by atoms with Crippen molar-refractivity contribution < 1.29 is 31.1 Å². The Kier molecular flexibility index (Phi) is 6.22. The lowest BCUT2D eigenvalue weighted by molar-refractivity contribution is -0.274. The van der Waals surface area contributed by atoms with Crippen LogP contribution in [0.3, 0.4) is 0 Å². The number of alkyl halides is 3. The van der Waals surface area contributed by atoms with Crippen LogP contribution in [0.2, 0.25) is 0 Å². The van der Waals surface area contributed by atoms with E-state index in [9.17, 15) is 26.4 Å². The molecule has 2 atom stereocenters. The fourth-order valence-corrected chi connectivity index (χ4v) is 7.66. The number of benzene rings is 2. The first-order chi connectivity index (χ1) is 15.1. The van der Waals surface area contributed by atoms with E-state index in [0.717, 1.165) is 17.7 Å². The maximum Gasteiger partial charge on any atom is 0.573 e. The summed E-state index contributed by atoms with van der Waals surface area (Å²) in [6, 6.07) is 14.1. The Bertz CT molecular complexity index is 1120. The number of sulfone groups is 1. The van der Waals surface area contributed by atoms with Gasteiger partial charge in [0.2, 0.25) is 5.91 Å². The van der Waals surface area contributed by atoms with Crippen molar-refractivity contribution in [3.05, 3.63) is 60.2 Å². The van der Waals surface area contributed by atoms with Crippen LogP contribution in [0.5, 0.6) is 5.75 Å². The third kappa shape index (κ3) is 5.44. The maximum absolute atomic E-state index is 12.5. The van der Waals surface area contributed by atoms with Gasteiger partial charge in [-0.25, -0.2) is 8.42 Å². The predicted molar refractivity (Wildman–Crippen MR) is 117 cm³/mol. The van der Waals surface area contributed by atoms with Gasteiger partial charge in [0.15, 0.2) is 15.0 Å². The number of anilines is 1. The zero-order valence-corrected chi connectivity index (χ0v) is 18.3. The molecule has 0 radical (unpaired) electrons. The Labute approximate surface area is 187 Å². The number of halogens is 3. The Balaban J connectivity index is 1.56. The average Bonchev–Trinajstić information content (AvgIpc) is 3.17. The summed E-state index contributed by atoms with van der Waals surface area (Å²) >= 11 is 1.22. The molecule has 0 bridgehead atoms. The minimum absolute atomic E-state index is 0.0364. The number of carbonyl (C=O) groups excluding carboxylic acids is 1. The molecule has 0 spiro atoms. The molecule has 6 nitrogen and oxygen atoms in total. The van der Waals surface area contributed by atoms with E-state index < -0.39 is 22.2 Å². The third-order valence-corrected chi connectivity index (χ3v) is 8.32. The van der Waals surface area contributed by atoms with Crippen LogP contribution >= 0.6 is 11.8 Å². The van der Waals surface area contributed by atoms with Gasteiger partial charge >= 0.3 is 6.36 Å². The Hall–Kier alpha value is -2.53. The van der Waals surface area contributed by atoms with E-state index in [1.165, 1.54) is 23.9 Å². The highest BCUT2D eigenvalue weighted by molar-refractivity contribution is 8.16. The van der Waals surface area contributed by atoms with Crippen LogP contribution in [-0.2, 0) is 21.1 Å². The molecule has 0 N–H and O–H groups in total. The number of carbonyl (C=O) groups is 1. The highest BCUT2D eigenvalue weighted by atomic mass is 32.2. The van der Waals surface area contributed by atoms with Crippen molar-refractivity contribution in [3.8, 4) is 5.75 Å². The van der Waals surface area contributed by atoms with Crippen molar-refractivity contribution in [2.45, 2.75) is 30.5 Å². The maximum atomic E-state index is 12.5. The third-order valence-electron chi connectivity index (χ3n) is 5.11. The number of hydrogen-bond acceptors (Lipinski definition) is 5. The SMILES string of the molecule is O=C(CCc1ccccc1)N=C1S[C@@H]2CS(=O)(=O)C[C@@H]2N1c1ccc(OC(F)(F)F)cc1. The van der Waals surface area contributed by atoms with Crippen LogP contribution in [-0.4, -0.2) is 48.7 Å². The second kappa shape index (κ2) is 8.78. The molecule has 2 fully saturated rings. The molecule has 2 aromatic rings. The highest BCUT2D eigenvalue weighted by Gasteiger charge is 2.49. The molecule has 2 aliphatic heterocycles. The van der Waals surface area contributed by atoms with Crippen LogP contribution in [0.4, 0.5) is 18.9 Å². The standard InChI is InChI=1S/C21H19F3N2O4S2/c22-21(23,24)30-16-9-7-15(8-10-16)26-17-12-32(28,29)13-18(17)31-20(26)25-19(27)11-6-14-4-2-1-3-5-14/h1-5,7-10,17-18H,6,11-13H2/t17-,18+/m0/s1. The number of hydrogen-bond donors (Lipinski definition) is 0. The first-order valence-electron chi connectivity index (χ1n) is 9.77. The number of amidine groups is 1. The van der Waals surface area contributed by atoms with Gasteiger partial charge in [0.1, 0.15) is 5.75 Å². The van der Waals surface area contributed by atoms with Crippen molar-refractivity contribution in [3.63, 3.8) is 0 Å². The van der Waals surface area contributed by atoms with Crippen molar-refractivity contribution in [2.24, 2.45) is 4.99 Å². The molecule has 0 unspecified atom stereocenters. The van der Waals surface area contributed by atoms with E-state index in [0.29, 0.717) is 17.3 Å². The Morgan fingerprint density at radius 3 is 2.44 bits per heavy atom. The van der Waals surface area contributed by atoms with Crippen molar-refractivity contribution in [1.29, 1.82) is 0 Å². The number of thioether (sulfide) groups is 1. The summed E-state index contributed by atoms with van der Waals surface area (Å²) in [5.74, 6) is -0.879. The molecule has 11 heteroatoms. The monoisotopic (exact) mass is 484 g/mol. The van der Waals surface area contributed by atoms with E-state index in [-0.39, 0.29) is 34.8 Å². The summed E-state index contributed by atoms with van der Waals surface area (Å²) in [5.41, 5.74) is 1.45. The largest absolute Gasteiger partial charge is 0.573 e. The van der Waals surface area contributed by atoms with Crippen molar-refractivity contribution >= 4 is 38.4 Å². The fraction of sp³-hybridized carbons (Fsp3) is 0.333. The lowest BCUT2D eigenvalue weighted by Crippen LogP contribution is -2.37. The summed E-state index contributed by atoms with van der Waals surface area (Å²) in [5, 5.41) is 0.0595. The molecule has 4 rings (SSSR count). The van der Waals surface area contributed by atoms with Gasteiger partial charge in [-0.05, 0) is 36.2 Å². The van der Waals surface area contributed by atoms with Gasteiger partial charge in [-0.1, -0.05) is 42.1 Å². The summed E-state index contributed by atoms with van der Waals surface area (Å²) in [4.78, 5) is 18.4. The van der Waals surface area contributed by atoms with E-state index in [1.807, 2.05) is 30.3 Å². The second-order valence-corrected chi connectivity index (χ2v) is 10.8. The molecule has 170 valence electrons. The smallest absolute Gasteiger partial charge is 0.406 e. The normalized spacial score (nSPS) is 23.3. The number of ether oxygens (including phenoxy) is 1. The molecule has 32 heavy (non-hydrogen) atoms. The van der Waals surface area contributed by atoms with Crippen LogP contribution in [0.1, 0.15) is 12.0 Å². The summed E-state index contributed by atoms with van der Waals surface area (Å²) < 4.78 is 65.5. The van der Waals surface area contributed by atoms with Gasteiger partial charge < -0.3 is 9.64 Å².